The number of nitrogens with one attached hydrogen (secondary N) is 1. The van der Waals surface area contributed by atoms with Crippen LogP contribution in [-0.4, -0.2) is 59.5 Å². The number of para-hydroxylation sites is 2. The second kappa shape index (κ2) is 9.36. The number of hydrogen-bond acceptors (Lipinski definition) is 5. The van der Waals surface area contributed by atoms with E-state index in [0.29, 0.717) is 11.6 Å². The molecule has 1 fully saturated rings. The molecule has 0 radical (unpaired) electrons. The van der Waals surface area contributed by atoms with Crippen molar-refractivity contribution in [2.45, 2.75) is 13.0 Å². The van der Waals surface area contributed by atoms with Crippen LogP contribution in [0, 0.1) is 0 Å². The monoisotopic (exact) mass is 427 g/mol. The van der Waals surface area contributed by atoms with Gasteiger partial charge in [-0.05, 0) is 29.8 Å². The van der Waals surface area contributed by atoms with Crippen LogP contribution in [0.2, 0.25) is 5.02 Å². The highest BCUT2D eigenvalue weighted by atomic mass is 35.5. The normalized spacial score (nSPS) is 14.8. The maximum atomic E-state index is 12.2. The number of nitrogens with zero attached hydrogens (tertiary/aromatic N) is 4. The highest BCUT2D eigenvalue weighted by Crippen LogP contribution is 2.28. The van der Waals surface area contributed by atoms with Crippen LogP contribution in [0.3, 0.4) is 0 Å². The van der Waals surface area contributed by atoms with Crippen molar-refractivity contribution in [2.24, 2.45) is 0 Å². The van der Waals surface area contributed by atoms with E-state index in [4.69, 9.17) is 16.3 Å². The third-order valence-electron chi connectivity index (χ3n) is 5.44. The molecule has 0 atom stereocenters. The first kappa shape index (κ1) is 20.5. The molecule has 0 amide bonds. The number of rotatable bonds is 7. The van der Waals surface area contributed by atoms with E-state index in [9.17, 15) is 4.79 Å². The molecule has 3 aromatic rings. The molecule has 2 aromatic carbocycles. The first-order valence-electron chi connectivity index (χ1n) is 10.1. The molecule has 0 spiro atoms. The third-order valence-corrected chi connectivity index (χ3v) is 5.69. The Morgan fingerprint density at radius 2 is 1.80 bits per heavy atom. The average Bonchev–Trinajstić information content (AvgIpc) is 3.13. The highest BCUT2D eigenvalue weighted by molar-refractivity contribution is 6.30. The van der Waals surface area contributed by atoms with Gasteiger partial charge in [-0.2, -0.15) is 5.10 Å². The standard InChI is InChI=1S/C22H26ClN5O2/c1-30-20-5-3-2-4-19(20)27-14-12-26(13-15-27)11-10-21-24-22(29)28(25-21)16-17-6-8-18(23)9-7-17/h2-9H,10-16H2,1H3,(H,24,25,29). The Balaban J connectivity index is 1.30. The molecule has 0 bridgehead atoms. The molecule has 0 unspecified atom stereocenters. The lowest BCUT2D eigenvalue weighted by Crippen LogP contribution is -2.47. The number of halogens is 1. The molecule has 30 heavy (non-hydrogen) atoms. The van der Waals surface area contributed by atoms with Gasteiger partial charge < -0.3 is 9.64 Å². The first-order chi connectivity index (χ1) is 14.6. The third kappa shape index (κ3) is 4.86. The molecule has 0 saturated carbocycles. The van der Waals surface area contributed by atoms with E-state index in [1.807, 2.05) is 42.5 Å². The van der Waals surface area contributed by atoms with Crippen molar-refractivity contribution >= 4 is 17.3 Å². The summed E-state index contributed by atoms with van der Waals surface area (Å²) in [7, 11) is 1.71. The van der Waals surface area contributed by atoms with Gasteiger partial charge in [-0.15, -0.1) is 0 Å². The lowest BCUT2D eigenvalue weighted by Gasteiger charge is -2.36. The van der Waals surface area contributed by atoms with Gasteiger partial charge in [0.15, 0.2) is 0 Å². The fourth-order valence-electron chi connectivity index (χ4n) is 3.75. The van der Waals surface area contributed by atoms with Crippen LogP contribution in [-0.2, 0) is 13.0 Å². The zero-order valence-electron chi connectivity index (χ0n) is 17.1. The van der Waals surface area contributed by atoms with Gasteiger partial charge in [0.25, 0.3) is 0 Å². The van der Waals surface area contributed by atoms with E-state index in [1.54, 1.807) is 7.11 Å². The van der Waals surface area contributed by atoms with Crippen molar-refractivity contribution in [2.75, 3.05) is 44.7 Å². The lowest BCUT2D eigenvalue weighted by atomic mass is 10.2. The summed E-state index contributed by atoms with van der Waals surface area (Å²) in [5.41, 5.74) is 1.96. The maximum absolute atomic E-state index is 12.2. The first-order valence-corrected chi connectivity index (χ1v) is 10.5. The molecule has 1 aromatic heterocycles. The summed E-state index contributed by atoms with van der Waals surface area (Å²) in [5.74, 6) is 1.64. The van der Waals surface area contributed by atoms with Crippen LogP contribution in [0.15, 0.2) is 53.3 Å². The fourth-order valence-corrected chi connectivity index (χ4v) is 3.88. The van der Waals surface area contributed by atoms with Gasteiger partial charge >= 0.3 is 5.69 Å². The van der Waals surface area contributed by atoms with Crippen molar-refractivity contribution in [3.05, 3.63) is 75.4 Å². The summed E-state index contributed by atoms with van der Waals surface area (Å²) in [6, 6.07) is 15.6. The Hall–Kier alpha value is -2.77. The van der Waals surface area contributed by atoms with Crippen molar-refractivity contribution in [3.8, 4) is 5.75 Å². The smallest absolute Gasteiger partial charge is 0.343 e. The zero-order chi connectivity index (χ0) is 20.9. The molecule has 1 saturated heterocycles. The minimum Gasteiger partial charge on any atom is -0.495 e. The number of H-pyrrole nitrogens is 1. The molecule has 0 aliphatic carbocycles. The van der Waals surface area contributed by atoms with Gasteiger partial charge in [0.05, 0.1) is 19.3 Å². The van der Waals surface area contributed by atoms with E-state index < -0.39 is 0 Å². The number of aromatic amines is 1. The fraction of sp³-hybridized carbons (Fsp3) is 0.364. The molecular weight excluding hydrogens is 402 g/mol. The summed E-state index contributed by atoms with van der Waals surface area (Å²) in [4.78, 5) is 19.9. The quantitative estimate of drug-likeness (QED) is 0.628. The van der Waals surface area contributed by atoms with Gasteiger partial charge in [-0.3, -0.25) is 9.88 Å². The summed E-state index contributed by atoms with van der Waals surface area (Å²) in [6.07, 6.45) is 0.720. The minimum atomic E-state index is -0.180. The summed E-state index contributed by atoms with van der Waals surface area (Å²) in [6.45, 7) is 5.13. The van der Waals surface area contributed by atoms with Crippen molar-refractivity contribution in [1.29, 1.82) is 0 Å². The van der Waals surface area contributed by atoms with E-state index in [0.717, 1.165) is 62.0 Å². The van der Waals surface area contributed by atoms with Crippen LogP contribution in [0.25, 0.3) is 0 Å². The molecule has 2 heterocycles. The predicted octanol–water partition coefficient (Wildman–Crippen LogP) is 2.65. The van der Waals surface area contributed by atoms with E-state index in [-0.39, 0.29) is 5.69 Å². The molecule has 1 aliphatic rings. The van der Waals surface area contributed by atoms with E-state index in [2.05, 4.69) is 25.9 Å². The van der Waals surface area contributed by atoms with Gasteiger partial charge in [0, 0.05) is 44.2 Å². The Labute approximate surface area is 180 Å². The van der Waals surface area contributed by atoms with Gasteiger partial charge in [0.1, 0.15) is 11.6 Å². The average molecular weight is 428 g/mol. The Morgan fingerprint density at radius 3 is 2.53 bits per heavy atom. The Bertz CT molecular complexity index is 1020. The van der Waals surface area contributed by atoms with Crippen molar-refractivity contribution in [3.63, 3.8) is 0 Å². The van der Waals surface area contributed by atoms with Gasteiger partial charge in [-0.1, -0.05) is 35.9 Å². The van der Waals surface area contributed by atoms with Crippen molar-refractivity contribution in [1.82, 2.24) is 19.7 Å². The van der Waals surface area contributed by atoms with Gasteiger partial charge in [0.2, 0.25) is 0 Å². The summed E-state index contributed by atoms with van der Waals surface area (Å²) < 4.78 is 6.96. The van der Waals surface area contributed by atoms with Crippen LogP contribution in [0.5, 0.6) is 5.75 Å². The van der Waals surface area contributed by atoms with Crippen LogP contribution >= 0.6 is 11.6 Å². The summed E-state index contributed by atoms with van der Waals surface area (Å²) in [5, 5.41) is 5.14. The lowest BCUT2D eigenvalue weighted by molar-refractivity contribution is 0.258. The molecule has 4 rings (SSSR count). The molecular formula is C22H26ClN5O2. The predicted molar refractivity (Wildman–Crippen MR) is 119 cm³/mol. The molecule has 1 N–H and O–H groups in total. The number of hydrogen-bond donors (Lipinski definition) is 1. The molecule has 1 aliphatic heterocycles. The van der Waals surface area contributed by atoms with Crippen molar-refractivity contribution < 1.29 is 4.74 Å². The number of methoxy groups -OCH3 is 1. The van der Waals surface area contributed by atoms with Gasteiger partial charge in [-0.25, -0.2) is 9.48 Å². The van der Waals surface area contributed by atoms with E-state index >= 15 is 0 Å². The molecule has 8 heteroatoms. The maximum Gasteiger partial charge on any atom is 0.343 e. The number of benzene rings is 2. The number of piperazine rings is 1. The number of aromatic nitrogens is 3. The number of anilines is 1. The molecule has 7 nitrogen and oxygen atoms in total. The van der Waals surface area contributed by atoms with Crippen LogP contribution in [0.1, 0.15) is 11.4 Å². The highest BCUT2D eigenvalue weighted by Gasteiger charge is 2.19. The second-order valence-electron chi connectivity index (χ2n) is 7.41. The zero-order valence-corrected chi connectivity index (χ0v) is 17.8. The Morgan fingerprint density at radius 1 is 1.07 bits per heavy atom. The minimum absolute atomic E-state index is 0.180. The molecule has 158 valence electrons. The topological polar surface area (TPSA) is 66.4 Å². The SMILES string of the molecule is COc1ccccc1N1CCN(CCc2nn(Cc3ccc(Cl)cc3)c(=O)[nH]2)CC1. The number of ether oxygens (including phenoxy) is 1. The largest absolute Gasteiger partial charge is 0.495 e. The Kier molecular flexibility index (Phi) is 6.40. The van der Waals surface area contributed by atoms with Crippen LogP contribution in [0.4, 0.5) is 5.69 Å². The second-order valence-corrected chi connectivity index (χ2v) is 7.85. The van der Waals surface area contributed by atoms with E-state index in [1.165, 1.54) is 4.68 Å². The van der Waals surface area contributed by atoms with Crippen LogP contribution < -0.4 is 15.3 Å². The summed E-state index contributed by atoms with van der Waals surface area (Å²) >= 11 is 5.92.